The second-order valence-corrected chi connectivity index (χ2v) is 4.37. The highest BCUT2D eigenvalue weighted by atomic mass is 16.6. The van der Waals surface area contributed by atoms with Crippen molar-refractivity contribution in [2.24, 2.45) is 7.05 Å². The Balaban J connectivity index is 3.31. The number of imidazole rings is 1. The second kappa shape index (κ2) is 5.25. The van der Waals surface area contributed by atoms with Gasteiger partial charge in [-0.2, -0.15) is 0 Å². The number of hydrogen-bond acceptors (Lipinski definition) is 5. The zero-order valence-electron chi connectivity index (χ0n) is 11.4. The minimum absolute atomic E-state index is 0.119. The smallest absolute Gasteiger partial charge is 0.406 e. The van der Waals surface area contributed by atoms with Crippen LogP contribution in [0.1, 0.15) is 32.5 Å². The van der Waals surface area contributed by atoms with Gasteiger partial charge in [-0.1, -0.05) is 13.8 Å². The molecule has 0 unspecified atom stereocenters. The van der Waals surface area contributed by atoms with Gasteiger partial charge in [0.2, 0.25) is 11.6 Å². The summed E-state index contributed by atoms with van der Waals surface area (Å²) >= 11 is 0. The molecule has 0 bridgehead atoms. The third kappa shape index (κ3) is 2.51. The molecule has 0 spiro atoms. The molecule has 0 fully saturated rings. The summed E-state index contributed by atoms with van der Waals surface area (Å²) in [5, 5.41) is 23.1. The maximum Gasteiger partial charge on any atom is 0.406 e. The maximum absolute atomic E-state index is 11.4. The molecule has 0 saturated carbocycles. The Morgan fingerprint density at radius 3 is 2.42 bits per heavy atom. The van der Waals surface area contributed by atoms with Crippen LogP contribution in [0.2, 0.25) is 0 Å². The molecule has 1 aromatic rings. The number of aromatic nitrogens is 2. The Hall–Kier alpha value is -2.12. The fourth-order valence-electron chi connectivity index (χ4n) is 1.87. The van der Waals surface area contributed by atoms with Crippen LogP contribution in [0.4, 0.5) is 11.6 Å². The number of rotatable bonds is 6. The Labute approximate surface area is 110 Å². The largest absolute Gasteiger partial charge is 0.480 e. The van der Waals surface area contributed by atoms with Crippen molar-refractivity contribution < 1.29 is 14.8 Å². The van der Waals surface area contributed by atoms with Crippen LogP contribution < -0.4 is 5.32 Å². The summed E-state index contributed by atoms with van der Waals surface area (Å²) in [6, 6.07) is 0. The van der Waals surface area contributed by atoms with Gasteiger partial charge in [0.25, 0.3) is 0 Å². The van der Waals surface area contributed by atoms with Crippen LogP contribution in [-0.2, 0) is 11.8 Å². The first-order valence-electron chi connectivity index (χ1n) is 5.98. The van der Waals surface area contributed by atoms with Crippen molar-refractivity contribution in [2.45, 2.75) is 39.2 Å². The lowest BCUT2D eigenvalue weighted by molar-refractivity contribution is -0.388. The van der Waals surface area contributed by atoms with Crippen LogP contribution in [0.3, 0.4) is 0 Å². The van der Waals surface area contributed by atoms with Gasteiger partial charge in [-0.05, 0) is 22.7 Å². The van der Waals surface area contributed by atoms with Crippen LogP contribution >= 0.6 is 0 Å². The Kier molecular flexibility index (Phi) is 4.13. The number of aliphatic carboxylic acids is 1. The molecule has 8 nitrogen and oxygen atoms in total. The number of carboxylic acids is 1. The molecule has 0 saturated heterocycles. The molecule has 0 amide bonds. The number of anilines is 1. The SMILES string of the molecule is CCC(CC)(Nc1c([N+](=O)[O-])nc(C)n1C)C(=O)O. The number of aryl methyl sites for hydroxylation is 1. The highest BCUT2D eigenvalue weighted by Gasteiger charge is 2.38. The topological polar surface area (TPSA) is 110 Å². The van der Waals surface area contributed by atoms with Gasteiger partial charge in [-0.25, -0.2) is 4.79 Å². The number of nitro groups is 1. The standard InChI is InChI=1S/C11H18N4O4/c1-5-11(6-2,10(16)17)13-9-8(15(18)19)12-7(3)14(9)4/h13H,5-6H2,1-4H3,(H,16,17). The highest BCUT2D eigenvalue weighted by molar-refractivity contribution is 5.83. The van der Waals surface area contributed by atoms with Crippen molar-refractivity contribution in [1.82, 2.24) is 9.55 Å². The monoisotopic (exact) mass is 270 g/mol. The normalized spacial score (nSPS) is 11.4. The molecule has 0 aliphatic carbocycles. The lowest BCUT2D eigenvalue weighted by Gasteiger charge is -2.28. The molecule has 1 rings (SSSR count). The average molecular weight is 270 g/mol. The van der Waals surface area contributed by atoms with E-state index in [9.17, 15) is 20.0 Å². The zero-order chi connectivity index (χ0) is 14.8. The van der Waals surface area contributed by atoms with Crippen molar-refractivity contribution in [3.05, 3.63) is 15.9 Å². The van der Waals surface area contributed by atoms with Gasteiger partial charge < -0.3 is 20.5 Å². The first-order valence-corrected chi connectivity index (χ1v) is 5.98. The van der Waals surface area contributed by atoms with Crippen molar-refractivity contribution in [3.63, 3.8) is 0 Å². The Morgan fingerprint density at radius 2 is 2.05 bits per heavy atom. The second-order valence-electron chi connectivity index (χ2n) is 4.37. The summed E-state index contributed by atoms with van der Waals surface area (Å²) < 4.78 is 1.49. The van der Waals surface area contributed by atoms with E-state index in [2.05, 4.69) is 10.3 Å². The quantitative estimate of drug-likeness (QED) is 0.601. The lowest BCUT2D eigenvalue weighted by atomic mass is 9.93. The number of carbonyl (C=O) groups is 1. The summed E-state index contributed by atoms with van der Waals surface area (Å²) in [5.41, 5.74) is -1.23. The number of nitrogens with one attached hydrogen (secondary N) is 1. The average Bonchev–Trinajstić information content (AvgIpc) is 2.63. The Morgan fingerprint density at radius 1 is 1.53 bits per heavy atom. The molecule has 0 aliphatic heterocycles. The van der Waals surface area contributed by atoms with E-state index < -0.39 is 16.4 Å². The van der Waals surface area contributed by atoms with Gasteiger partial charge in [0.15, 0.2) is 0 Å². The molecule has 1 aromatic heterocycles. The van der Waals surface area contributed by atoms with Gasteiger partial charge in [0, 0.05) is 14.0 Å². The number of carboxylic acid groups (broad SMARTS) is 1. The predicted octanol–water partition coefficient (Wildman–Crippen LogP) is 1.69. The molecule has 0 atom stereocenters. The minimum Gasteiger partial charge on any atom is -0.480 e. The van der Waals surface area contributed by atoms with Crippen molar-refractivity contribution in [3.8, 4) is 0 Å². The Bertz CT molecular complexity index is 505. The predicted molar refractivity (Wildman–Crippen MR) is 69.2 cm³/mol. The van der Waals surface area contributed by atoms with Crippen LogP contribution in [0.5, 0.6) is 0 Å². The molecular weight excluding hydrogens is 252 g/mol. The summed E-state index contributed by atoms with van der Waals surface area (Å²) in [7, 11) is 1.61. The molecule has 106 valence electrons. The summed E-state index contributed by atoms with van der Waals surface area (Å²) in [6.07, 6.45) is 0.612. The fraction of sp³-hybridized carbons (Fsp3) is 0.636. The zero-order valence-corrected chi connectivity index (χ0v) is 11.4. The van der Waals surface area contributed by atoms with Gasteiger partial charge in [-0.3, -0.25) is 4.57 Å². The van der Waals surface area contributed by atoms with Crippen LogP contribution in [0, 0.1) is 17.0 Å². The molecule has 2 N–H and O–H groups in total. The van der Waals surface area contributed by atoms with E-state index in [1.165, 1.54) is 4.57 Å². The first kappa shape index (κ1) is 14.9. The molecule has 0 aromatic carbocycles. The van der Waals surface area contributed by atoms with E-state index in [4.69, 9.17) is 0 Å². The third-order valence-electron chi connectivity index (χ3n) is 3.45. The van der Waals surface area contributed by atoms with Crippen molar-refractivity contribution in [2.75, 3.05) is 5.32 Å². The molecule has 19 heavy (non-hydrogen) atoms. The van der Waals surface area contributed by atoms with Gasteiger partial charge in [0.1, 0.15) is 5.54 Å². The van der Waals surface area contributed by atoms with E-state index in [0.29, 0.717) is 18.7 Å². The molecular formula is C11H18N4O4. The molecule has 1 heterocycles. The lowest BCUT2D eigenvalue weighted by Crippen LogP contribution is -2.45. The first-order chi connectivity index (χ1) is 8.79. The highest BCUT2D eigenvalue weighted by Crippen LogP contribution is 2.29. The third-order valence-corrected chi connectivity index (χ3v) is 3.45. The number of hydrogen-bond donors (Lipinski definition) is 2. The van der Waals surface area contributed by atoms with E-state index in [1.807, 2.05) is 0 Å². The van der Waals surface area contributed by atoms with Crippen molar-refractivity contribution >= 4 is 17.6 Å². The van der Waals surface area contributed by atoms with Crippen LogP contribution in [0.25, 0.3) is 0 Å². The summed E-state index contributed by atoms with van der Waals surface area (Å²) in [5.74, 6) is -0.826. The van der Waals surface area contributed by atoms with Gasteiger partial charge in [-0.15, -0.1) is 0 Å². The molecule has 0 aliphatic rings. The molecule has 8 heteroatoms. The fourth-order valence-corrected chi connectivity index (χ4v) is 1.87. The van der Waals surface area contributed by atoms with Crippen LogP contribution in [0.15, 0.2) is 0 Å². The van der Waals surface area contributed by atoms with E-state index in [1.54, 1.807) is 27.8 Å². The minimum atomic E-state index is -1.23. The van der Waals surface area contributed by atoms with E-state index in [-0.39, 0.29) is 11.6 Å². The summed E-state index contributed by atoms with van der Waals surface area (Å²) in [4.78, 5) is 25.6. The van der Waals surface area contributed by atoms with Gasteiger partial charge >= 0.3 is 11.8 Å². The van der Waals surface area contributed by atoms with Crippen molar-refractivity contribution in [1.29, 1.82) is 0 Å². The molecule has 0 radical (unpaired) electrons. The number of nitrogens with zero attached hydrogens (tertiary/aromatic N) is 3. The van der Waals surface area contributed by atoms with Crippen LogP contribution in [-0.4, -0.2) is 31.1 Å². The summed E-state index contributed by atoms with van der Waals surface area (Å²) in [6.45, 7) is 5.07. The van der Waals surface area contributed by atoms with Gasteiger partial charge in [0.05, 0.1) is 0 Å². The maximum atomic E-state index is 11.4. The van der Waals surface area contributed by atoms with E-state index >= 15 is 0 Å². The van der Waals surface area contributed by atoms with E-state index in [0.717, 1.165) is 0 Å².